The number of piperazine rings is 1. The summed E-state index contributed by atoms with van der Waals surface area (Å²) in [6.45, 7) is 17.9. The largest absolute Gasteiger partial charge is 0.444 e. The highest BCUT2D eigenvalue weighted by Gasteiger charge is 2.32. The number of carbonyl (C=O) groups is 2. The van der Waals surface area contributed by atoms with E-state index in [0.29, 0.717) is 50.6 Å². The molecule has 2 amide bonds. The molecular weight excluding hydrogens is 514 g/mol. The van der Waals surface area contributed by atoms with Crippen LogP contribution in [0.2, 0.25) is 0 Å². The van der Waals surface area contributed by atoms with Gasteiger partial charge in [0, 0.05) is 64.9 Å². The number of nitrogens with one attached hydrogen (secondary N) is 2. The van der Waals surface area contributed by atoms with E-state index in [0.717, 1.165) is 39.0 Å². The Morgan fingerprint density at radius 3 is 2.00 bits per heavy atom. The first-order chi connectivity index (χ1) is 18.7. The van der Waals surface area contributed by atoms with Crippen LogP contribution >= 0.6 is 0 Å². The van der Waals surface area contributed by atoms with Crippen molar-refractivity contribution < 1.29 is 19.1 Å². The Bertz CT molecular complexity index is 1030. The van der Waals surface area contributed by atoms with E-state index in [1.807, 2.05) is 41.5 Å². The normalized spacial score (nSPS) is 22.4. The maximum absolute atomic E-state index is 12.5. The SMILES string of the molecule is CN1CCN(c2nc(NCC3CCN(C(=O)OC(C)(C)C)C3)nc(N[C@@H]3CCN(C(=O)OC(C)(C)C)C3)n2)CC1. The van der Waals surface area contributed by atoms with E-state index in [-0.39, 0.29) is 24.1 Å². The van der Waals surface area contributed by atoms with E-state index in [2.05, 4.69) is 32.5 Å². The second-order valence-corrected chi connectivity index (χ2v) is 13.1. The number of nitrogens with zero attached hydrogens (tertiary/aromatic N) is 7. The first-order valence-electron chi connectivity index (χ1n) is 14.4. The maximum Gasteiger partial charge on any atom is 0.410 e. The van der Waals surface area contributed by atoms with Crippen molar-refractivity contribution in [3.63, 3.8) is 0 Å². The van der Waals surface area contributed by atoms with Gasteiger partial charge in [-0.2, -0.15) is 15.0 Å². The molecule has 0 bridgehead atoms. The summed E-state index contributed by atoms with van der Waals surface area (Å²) in [5.74, 6) is 1.90. The van der Waals surface area contributed by atoms with Crippen molar-refractivity contribution in [2.24, 2.45) is 5.92 Å². The highest BCUT2D eigenvalue weighted by atomic mass is 16.6. The molecule has 0 aliphatic carbocycles. The monoisotopic (exact) mass is 561 g/mol. The van der Waals surface area contributed by atoms with Crippen LogP contribution in [-0.2, 0) is 9.47 Å². The molecule has 4 heterocycles. The highest BCUT2D eigenvalue weighted by Crippen LogP contribution is 2.23. The van der Waals surface area contributed by atoms with Gasteiger partial charge in [-0.1, -0.05) is 0 Å². The van der Waals surface area contributed by atoms with Crippen LogP contribution < -0.4 is 15.5 Å². The topological polar surface area (TPSA) is 128 Å². The number of ether oxygens (including phenoxy) is 2. The van der Waals surface area contributed by atoms with Crippen molar-refractivity contribution in [3.8, 4) is 0 Å². The molecule has 13 nitrogen and oxygen atoms in total. The Hall–Kier alpha value is -3.09. The summed E-state index contributed by atoms with van der Waals surface area (Å²) >= 11 is 0. The highest BCUT2D eigenvalue weighted by molar-refractivity contribution is 5.69. The smallest absolute Gasteiger partial charge is 0.410 e. The molecule has 0 saturated carbocycles. The average molecular weight is 562 g/mol. The zero-order valence-electron chi connectivity index (χ0n) is 25.2. The molecule has 13 heteroatoms. The number of amides is 2. The predicted octanol–water partition coefficient (Wildman–Crippen LogP) is 2.71. The molecule has 3 fully saturated rings. The van der Waals surface area contributed by atoms with E-state index in [1.165, 1.54) is 0 Å². The summed E-state index contributed by atoms with van der Waals surface area (Å²) in [6.07, 6.45) is 1.09. The number of likely N-dealkylation sites (N-methyl/N-ethyl adjacent to an activating group) is 1. The van der Waals surface area contributed by atoms with Crippen LogP contribution in [0.15, 0.2) is 0 Å². The lowest BCUT2D eigenvalue weighted by atomic mass is 10.1. The molecule has 0 spiro atoms. The first kappa shape index (κ1) is 29.9. The Morgan fingerprint density at radius 2 is 1.38 bits per heavy atom. The third-order valence-corrected chi connectivity index (χ3v) is 7.07. The van der Waals surface area contributed by atoms with Gasteiger partial charge in [-0.3, -0.25) is 0 Å². The van der Waals surface area contributed by atoms with Crippen LogP contribution in [-0.4, -0.2) is 125 Å². The molecule has 1 aromatic heterocycles. The summed E-state index contributed by atoms with van der Waals surface area (Å²) in [7, 11) is 2.11. The fourth-order valence-corrected chi connectivity index (χ4v) is 4.94. The molecule has 1 unspecified atom stereocenters. The Kier molecular flexibility index (Phi) is 9.11. The second kappa shape index (κ2) is 12.2. The van der Waals surface area contributed by atoms with E-state index < -0.39 is 11.2 Å². The second-order valence-electron chi connectivity index (χ2n) is 13.1. The van der Waals surface area contributed by atoms with E-state index in [1.54, 1.807) is 9.80 Å². The van der Waals surface area contributed by atoms with Crippen molar-refractivity contribution in [2.75, 3.05) is 81.5 Å². The van der Waals surface area contributed by atoms with Crippen molar-refractivity contribution in [1.29, 1.82) is 0 Å². The lowest BCUT2D eigenvalue weighted by Gasteiger charge is -2.32. The van der Waals surface area contributed by atoms with E-state index in [9.17, 15) is 9.59 Å². The number of hydrogen-bond acceptors (Lipinski definition) is 11. The summed E-state index contributed by atoms with van der Waals surface area (Å²) in [5, 5.41) is 6.83. The van der Waals surface area contributed by atoms with Gasteiger partial charge in [-0.15, -0.1) is 0 Å². The van der Waals surface area contributed by atoms with Crippen LogP contribution in [0.4, 0.5) is 27.4 Å². The van der Waals surface area contributed by atoms with Gasteiger partial charge in [0.05, 0.1) is 0 Å². The number of aromatic nitrogens is 3. The van der Waals surface area contributed by atoms with Crippen molar-refractivity contribution >= 4 is 30.0 Å². The molecule has 4 rings (SSSR count). The molecular formula is C27H47N9O4. The summed E-state index contributed by atoms with van der Waals surface area (Å²) in [4.78, 5) is 47.1. The van der Waals surface area contributed by atoms with Crippen LogP contribution in [0.1, 0.15) is 54.4 Å². The molecule has 3 aliphatic heterocycles. The summed E-state index contributed by atoms with van der Waals surface area (Å²) < 4.78 is 11.1. The lowest BCUT2D eigenvalue weighted by molar-refractivity contribution is 0.0280. The van der Waals surface area contributed by atoms with Crippen LogP contribution in [0.25, 0.3) is 0 Å². The fraction of sp³-hybridized carbons (Fsp3) is 0.815. The molecule has 2 atom stereocenters. The minimum Gasteiger partial charge on any atom is -0.444 e. The molecule has 0 radical (unpaired) electrons. The summed E-state index contributed by atoms with van der Waals surface area (Å²) in [6, 6.07) is 0.0142. The molecule has 40 heavy (non-hydrogen) atoms. The third-order valence-electron chi connectivity index (χ3n) is 7.07. The van der Waals surface area contributed by atoms with Crippen LogP contribution in [0, 0.1) is 5.92 Å². The molecule has 3 aliphatic rings. The Labute approximate surface area is 238 Å². The van der Waals surface area contributed by atoms with Gasteiger partial charge in [0.1, 0.15) is 11.2 Å². The third kappa shape index (κ3) is 8.70. The summed E-state index contributed by atoms with van der Waals surface area (Å²) in [5.41, 5.74) is -1.04. The van der Waals surface area contributed by atoms with Gasteiger partial charge in [0.2, 0.25) is 17.8 Å². The zero-order chi connectivity index (χ0) is 29.1. The number of anilines is 3. The quantitative estimate of drug-likeness (QED) is 0.532. The maximum atomic E-state index is 12.5. The van der Waals surface area contributed by atoms with E-state index in [4.69, 9.17) is 19.4 Å². The van der Waals surface area contributed by atoms with Gasteiger partial charge in [0.15, 0.2) is 0 Å². The minimum absolute atomic E-state index is 0.0142. The van der Waals surface area contributed by atoms with Gasteiger partial charge in [-0.05, 0) is 67.3 Å². The Balaban J connectivity index is 1.39. The lowest BCUT2D eigenvalue weighted by Crippen LogP contribution is -2.45. The predicted molar refractivity (Wildman–Crippen MR) is 154 cm³/mol. The molecule has 1 aromatic rings. The molecule has 0 aromatic carbocycles. The van der Waals surface area contributed by atoms with Crippen LogP contribution in [0.5, 0.6) is 0 Å². The fourth-order valence-electron chi connectivity index (χ4n) is 4.94. The van der Waals surface area contributed by atoms with Crippen molar-refractivity contribution in [3.05, 3.63) is 0 Å². The standard InChI is InChI=1S/C27H47N9O4/c1-26(2,3)39-24(37)35-10-8-19(17-35)16-28-21-30-22(32-23(31-21)34-14-12-33(7)13-15-34)29-20-9-11-36(18-20)25(38)40-27(4,5)6/h19-20H,8-18H2,1-7H3,(H2,28,29,30,31,32)/t19?,20-/m1/s1. The number of carbonyl (C=O) groups excluding carboxylic acids is 2. The zero-order valence-corrected chi connectivity index (χ0v) is 25.2. The molecule has 3 saturated heterocycles. The van der Waals surface area contributed by atoms with Gasteiger partial charge in [-0.25, -0.2) is 9.59 Å². The van der Waals surface area contributed by atoms with Crippen molar-refractivity contribution in [1.82, 2.24) is 29.7 Å². The number of likely N-dealkylation sites (tertiary alicyclic amines) is 2. The average Bonchev–Trinajstić information content (AvgIpc) is 3.51. The molecule has 224 valence electrons. The van der Waals surface area contributed by atoms with Gasteiger partial charge in [0.25, 0.3) is 0 Å². The van der Waals surface area contributed by atoms with E-state index >= 15 is 0 Å². The van der Waals surface area contributed by atoms with Crippen LogP contribution in [0.3, 0.4) is 0 Å². The molecule has 2 N–H and O–H groups in total. The first-order valence-corrected chi connectivity index (χ1v) is 14.4. The number of hydrogen-bond donors (Lipinski definition) is 2. The van der Waals surface area contributed by atoms with Gasteiger partial charge < -0.3 is 39.7 Å². The Morgan fingerprint density at radius 1 is 0.800 bits per heavy atom. The minimum atomic E-state index is -0.530. The number of rotatable bonds is 6. The van der Waals surface area contributed by atoms with Crippen molar-refractivity contribution in [2.45, 2.75) is 71.6 Å². The van der Waals surface area contributed by atoms with Gasteiger partial charge >= 0.3 is 12.2 Å².